The second-order valence-electron chi connectivity index (χ2n) is 7.32. The molecule has 2 aromatic rings. The van der Waals surface area contributed by atoms with Gasteiger partial charge in [-0.05, 0) is 56.5 Å². The van der Waals surface area contributed by atoms with Crippen LogP contribution in [0.2, 0.25) is 0 Å². The summed E-state index contributed by atoms with van der Waals surface area (Å²) >= 11 is 0. The molecule has 0 saturated carbocycles. The quantitative estimate of drug-likeness (QED) is 0.214. The van der Waals surface area contributed by atoms with Crippen LogP contribution in [-0.2, 0) is 6.54 Å². The Morgan fingerprint density at radius 1 is 1.10 bits per heavy atom. The number of hydrogen-bond acceptors (Lipinski definition) is 5. The molecule has 0 spiro atoms. The maximum atomic E-state index is 5.31. The SMILES string of the molecule is CN=C(NCCCCn1cnnc1)NCC(c1ccc(OC)cc1)N1CCCC1.I. The van der Waals surface area contributed by atoms with E-state index in [2.05, 4.69) is 42.9 Å². The molecular weight excluding hydrogens is 493 g/mol. The minimum atomic E-state index is 0. The highest BCUT2D eigenvalue weighted by atomic mass is 127. The van der Waals surface area contributed by atoms with Crippen molar-refractivity contribution in [2.45, 2.75) is 38.3 Å². The van der Waals surface area contributed by atoms with Gasteiger partial charge in [-0.2, -0.15) is 0 Å². The summed E-state index contributed by atoms with van der Waals surface area (Å²) in [7, 11) is 3.53. The fourth-order valence-electron chi connectivity index (χ4n) is 3.71. The molecule has 0 aliphatic carbocycles. The Labute approximate surface area is 196 Å². The van der Waals surface area contributed by atoms with Gasteiger partial charge in [0.05, 0.1) is 13.2 Å². The topological polar surface area (TPSA) is 79.6 Å². The van der Waals surface area contributed by atoms with Gasteiger partial charge < -0.3 is 19.9 Å². The number of halogens is 1. The van der Waals surface area contributed by atoms with Gasteiger partial charge in [-0.15, -0.1) is 34.2 Å². The number of benzene rings is 1. The van der Waals surface area contributed by atoms with Crippen LogP contribution in [0.25, 0.3) is 0 Å². The van der Waals surface area contributed by atoms with Crippen LogP contribution in [0.3, 0.4) is 0 Å². The van der Waals surface area contributed by atoms with Crippen LogP contribution in [0.5, 0.6) is 5.75 Å². The van der Waals surface area contributed by atoms with Crippen molar-refractivity contribution in [3.05, 3.63) is 42.5 Å². The summed E-state index contributed by atoms with van der Waals surface area (Å²) in [4.78, 5) is 6.94. The normalized spacial score (nSPS) is 15.5. The van der Waals surface area contributed by atoms with Gasteiger partial charge in [0.1, 0.15) is 18.4 Å². The van der Waals surface area contributed by atoms with E-state index in [0.717, 1.165) is 57.3 Å². The third-order valence-corrected chi connectivity index (χ3v) is 5.37. The molecule has 1 unspecified atom stereocenters. The summed E-state index contributed by atoms with van der Waals surface area (Å²) in [5, 5.41) is 14.6. The van der Waals surface area contributed by atoms with Gasteiger partial charge >= 0.3 is 0 Å². The lowest BCUT2D eigenvalue weighted by Gasteiger charge is -2.29. The highest BCUT2D eigenvalue weighted by Crippen LogP contribution is 2.26. The van der Waals surface area contributed by atoms with Gasteiger partial charge in [-0.1, -0.05) is 12.1 Å². The number of rotatable bonds is 10. The summed E-state index contributed by atoms with van der Waals surface area (Å²) in [6.07, 6.45) is 8.19. The number of hydrogen-bond donors (Lipinski definition) is 2. The largest absolute Gasteiger partial charge is 0.497 e. The Morgan fingerprint density at radius 3 is 2.43 bits per heavy atom. The lowest BCUT2D eigenvalue weighted by molar-refractivity contribution is 0.245. The van der Waals surface area contributed by atoms with Crippen molar-refractivity contribution >= 4 is 29.9 Å². The molecule has 2 heterocycles. The molecular formula is C21H34IN7O. The molecule has 3 rings (SSSR count). The molecule has 1 fully saturated rings. The molecule has 2 N–H and O–H groups in total. The molecule has 0 bridgehead atoms. The second-order valence-corrected chi connectivity index (χ2v) is 7.32. The van der Waals surface area contributed by atoms with Crippen molar-refractivity contribution in [2.24, 2.45) is 4.99 Å². The average molecular weight is 527 g/mol. The molecule has 0 radical (unpaired) electrons. The predicted molar refractivity (Wildman–Crippen MR) is 131 cm³/mol. The van der Waals surface area contributed by atoms with Gasteiger partial charge in [-0.25, -0.2) is 0 Å². The molecule has 30 heavy (non-hydrogen) atoms. The van der Waals surface area contributed by atoms with Crippen LogP contribution >= 0.6 is 24.0 Å². The zero-order chi connectivity index (χ0) is 20.3. The van der Waals surface area contributed by atoms with Gasteiger partial charge in [0.15, 0.2) is 5.96 Å². The summed E-state index contributed by atoms with van der Waals surface area (Å²) in [6, 6.07) is 8.76. The maximum Gasteiger partial charge on any atom is 0.191 e. The monoisotopic (exact) mass is 527 g/mol. The van der Waals surface area contributed by atoms with Gasteiger partial charge in [0.25, 0.3) is 0 Å². The maximum absolute atomic E-state index is 5.31. The van der Waals surface area contributed by atoms with Crippen molar-refractivity contribution in [3.8, 4) is 5.75 Å². The van der Waals surface area contributed by atoms with Crippen molar-refractivity contribution in [1.82, 2.24) is 30.3 Å². The fraction of sp³-hybridized carbons (Fsp3) is 0.571. The van der Waals surface area contributed by atoms with E-state index in [1.54, 1.807) is 19.8 Å². The van der Waals surface area contributed by atoms with Crippen LogP contribution in [-0.4, -0.2) is 66.0 Å². The van der Waals surface area contributed by atoms with Crippen LogP contribution < -0.4 is 15.4 Å². The van der Waals surface area contributed by atoms with E-state index in [-0.39, 0.29) is 24.0 Å². The molecule has 9 heteroatoms. The van der Waals surface area contributed by atoms with Gasteiger partial charge in [0.2, 0.25) is 0 Å². The number of nitrogens with one attached hydrogen (secondary N) is 2. The highest BCUT2D eigenvalue weighted by molar-refractivity contribution is 14.0. The van der Waals surface area contributed by atoms with E-state index in [1.807, 2.05) is 23.7 Å². The lowest BCUT2D eigenvalue weighted by Crippen LogP contribution is -2.43. The fourth-order valence-corrected chi connectivity index (χ4v) is 3.71. The molecule has 0 amide bonds. The van der Waals surface area contributed by atoms with Crippen LogP contribution in [0.1, 0.15) is 37.3 Å². The molecule has 1 atom stereocenters. The first kappa shape index (κ1) is 24.4. The third kappa shape index (κ3) is 7.42. The first-order valence-electron chi connectivity index (χ1n) is 10.4. The summed E-state index contributed by atoms with van der Waals surface area (Å²) in [5.74, 6) is 1.75. The number of likely N-dealkylation sites (tertiary alicyclic amines) is 1. The number of aromatic nitrogens is 3. The smallest absolute Gasteiger partial charge is 0.191 e. The number of nitrogens with zero attached hydrogens (tertiary/aromatic N) is 5. The number of methoxy groups -OCH3 is 1. The van der Waals surface area contributed by atoms with Crippen molar-refractivity contribution in [1.29, 1.82) is 0 Å². The highest BCUT2D eigenvalue weighted by Gasteiger charge is 2.23. The molecule has 1 aromatic carbocycles. The Bertz CT molecular complexity index is 730. The van der Waals surface area contributed by atoms with Crippen molar-refractivity contribution in [2.75, 3.05) is 40.3 Å². The van der Waals surface area contributed by atoms with Gasteiger partial charge in [0, 0.05) is 26.7 Å². The van der Waals surface area contributed by atoms with E-state index in [9.17, 15) is 0 Å². The second kappa shape index (κ2) is 13.4. The Balaban J connectivity index is 0.00000320. The molecule has 166 valence electrons. The van der Waals surface area contributed by atoms with E-state index < -0.39 is 0 Å². The zero-order valence-electron chi connectivity index (χ0n) is 18.0. The number of aliphatic imine (C=N–C) groups is 1. The average Bonchev–Trinajstić information content (AvgIpc) is 3.47. The van der Waals surface area contributed by atoms with Gasteiger partial charge in [-0.3, -0.25) is 9.89 Å². The van der Waals surface area contributed by atoms with E-state index >= 15 is 0 Å². The lowest BCUT2D eigenvalue weighted by atomic mass is 10.1. The number of unbranched alkanes of at least 4 members (excludes halogenated alkanes) is 1. The van der Waals surface area contributed by atoms with E-state index in [4.69, 9.17) is 4.74 Å². The van der Waals surface area contributed by atoms with Crippen LogP contribution in [0.15, 0.2) is 41.9 Å². The summed E-state index contributed by atoms with van der Waals surface area (Å²) in [5.41, 5.74) is 1.31. The minimum Gasteiger partial charge on any atom is -0.497 e. The van der Waals surface area contributed by atoms with Crippen molar-refractivity contribution < 1.29 is 4.74 Å². The Morgan fingerprint density at radius 2 is 1.80 bits per heavy atom. The Kier molecular flexibility index (Phi) is 10.9. The van der Waals surface area contributed by atoms with Crippen LogP contribution in [0, 0.1) is 0 Å². The minimum absolute atomic E-state index is 0. The molecule has 1 aliphatic rings. The molecule has 1 aromatic heterocycles. The third-order valence-electron chi connectivity index (χ3n) is 5.37. The number of ether oxygens (including phenoxy) is 1. The first-order valence-corrected chi connectivity index (χ1v) is 10.4. The molecule has 8 nitrogen and oxygen atoms in total. The first-order chi connectivity index (χ1) is 14.3. The zero-order valence-corrected chi connectivity index (χ0v) is 20.3. The number of guanidine groups is 1. The Hall–Kier alpha value is -1.88. The van der Waals surface area contributed by atoms with E-state index in [1.165, 1.54) is 18.4 Å². The molecule has 1 saturated heterocycles. The summed E-state index contributed by atoms with van der Waals surface area (Å²) in [6.45, 7) is 4.95. The molecule has 1 aliphatic heterocycles. The standard InChI is InChI=1S/C21H33N7O.HI/c1-22-21(23-11-3-4-12-27-16-25-26-17-27)24-15-20(28-13-5-6-14-28)18-7-9-19(29-2)10-8-18;/h7-10,16-17,20H,3-6,11-15H2,1-2H3,(H2,22,23,24);1H. The van der Waals surface area contributed by atoms with E-state index in [0.29, 0.717) is 6.04 Å². The van der Waals surface area contributed by atoms with Crippen LogP contribution in [0.4, 0.5) is 0 Å². The van der Waals surface area contributed by atoms with Crippen molar-refractivity contribution in [3.63, 3.8) is 0 Å². The summed E-state index contributed by atoms with van der Waals surface area (Å²) < 4.78 is 7.31. The predicted octanol–water partition coefficient (Wildman–Crippen LogP) is 2.69. The number of aryl methyl sites for hydroxylation is 1.